The van der Waals surface area contributed by atoms with E-state index in [1.807, 2.05) is 60.7 Å². The average Bonchev–Trinajstić information content (AvgIpc) is 2.73. The van der Waals surface area contributed by atoms with Gasteiger partial charge in [-0.05, 0) is 42.0 Å². The zero-order valence-corrected chi connectivity index (χ0v) is 16.7. The third-order valence-corrected chi connectivity index (χ3v) is 4.89. The van der Waals surface area contributed by atoms with E-state index in [2.05, 4.69) is 25.9 Å². The van der Waals surface area contributed by atoms with Crippen LogP contribution in [0.5, 0.6) is 11.5 Å². The standard InChI is InChI=1S/C22H17BrN2O3/c1-27-19-8-4-6-17(20(19)28-13-14-9-11-15(23)12-10-14)21-24-18-7-3-2-5-16(18)22(26)25-21/h2-12H,13H2,1H3,(H,24,25,26). The number of nitrogens with one attached hydrogen (secondary N) is 1. The fourth-order valence-corrected chi connectivity index (χ4v) is 3.23. The molecule has 0 aliphatic rings. The molecular weight excluding hydrogens is 420 g/mol. The Morgan fingerprint density at radius 1 is 1.00 bits per heavy atom. The maximum Gasteiger partial charge on any atom is 0.259 e. The number of nitrogens with zero attached hydrogens (tertiary/aromatic N) is 1. The summed E-state index contributed by atoms with van der Waals surface area (Å²) < 4.78 is 12.6. The van der Waals surface area contributed by atoms with Crippen LogP contribution in [-0.4, -0.2) is 17.1 Å². The molecular formula is C22H17BrN2O3. The Hall–Kier alpha value is -3.12. The van der Waals surface area contributed by atoms with Crippen LogP contribution in [0.25, 0.3) is 22.3 Å². The first-order valence-corrected chi connectivity index (χ1v) is 9.48. The van der Waals surface area contributed by atoms with E-state index < -0.39 is 0 Å². The van der Waals surface area contributed by atoms with Crippen molar-refractivity contribution in [2.45, 2.75) is 6.61 Å². The molecule has 28 heavy (non-hydrogen) atoms. The SMILES string of the molecule is COc1cccc(-c2nc3ccccc3c(=O)[nH]2)c1OCc1ccc(Br)cc1. The van der Waals surface area contributed by atoms with Gasteiger partial charge in [0.25, 0.3) is 5.56 Å². The number of hydrogen-bond acceptors (Lipinski definition) is 4. The zero-order chi connectivity index (χ0) is 19.5. The molecule has 0 aliphatic carbocycles. The number of aromatic nitrogens is 2. The quantitative estimate of drug-likeness (QED) is 0.481. The number of ether oxygens (including phenoxy) is 2. The summed E-state index contributed by atoms with van der Waals surface area (Å²) in [6.07, 6.45) is 0. The number of fused-ring (bicyclic) bond motifs is 1. The maximum absolute atomic E-state index is 12.5. The molecule has 0 saturated carbocycles. The summed E-state index contributed by atoms with van der Waals surface area (Å²) in [5.74, 6) is 1.55. The second kappa shape index (κ2) is 7.86. The Bertz CT molecular complexity index is 1190. The largest absolute Gasteiger partial charge is 0.493 e. The van der Waals surface area contributed by atoms with Gasteiger partial charge in [-0.25, -0.2) is 4.98 Å². The van der Waals surface area contributed by atoms with Crippen molar-refractivity contribution < 1.29 is 9.47 Å². The predicted molar refractivity (Wildman–Crippen MR) is 113 cm³/mol. The molecule has 4 rings (SSSR count). The van der Waals surface area contributed by atoms with Gasteiger partial charge in [-0.3, -0.25) is 4.79 Å². The smallest absolute Gasteiger partial charge is 0.259 e. The minimum atomic E-state index is -0.192. The Morgan fingerprint density at radius 2 is 1.79 bits per heavy atom. The summed E-state index contributed by atoms with van der Waals surface area (Å²) in [5.41, 5.74) is 2.12. The molecule has 0 spiro atoms. The van der Waals surface area contributed by atoms with Crippen LogP contribution in [0.1, 0.15) is 5.56 Å². The van der Waals surface area contributed by atoms with Crippen molar-refractivity contribution >= 4 is 26.8 Å². The van der Waals surface area contributed by atoms with E-state index in [1.54, 1.807) is 13.2 Å². The number of rotatable bonds is 5. The van der Waals surface area contributed by atoms with Crippen molar-refractivity contribution in [2.24, 2.45) is 0 Å². The summed E-state index contributed by atoms with van der Waals surface area (Å²) in [4.78, 5) is 19.9. The Labute approximate surface area is 170 Å². The van der Waals surface area contributed by atoms with Crippen LogP contribution in [0.2, 0.25) is 0 Å². The first kappa shape index (κ1) is 18.3. The van der Waals surface area contributed by atoms with Gasteiger partial charge < -0.3 is 14.5 Å². The molecule has 3 aromatic carbocycles. The Balaban J connectivity index is 1.77. The predicted octanol–water partition coefficient (Wildman–Crippen LogP) is 4.94. The van der Waals surface area contributed by atoms with Crippen LogP contribution in [0.15, 0.2) is 76.0 Å². The lowest BCUT2D eigenvalue weighted by atomic mass is 10.1. The Morgan fingerprint density at radius 3 is 2.57 bits per heavy atom. The van der Waals surface area contributed by atoms with Gasteiger partial charge in [-0.2, -0.15) is 0 Å². The van der Waals surface area contributed by atoms with Gasteiger partial charge in [-0.1, -0.05) is 46.3 Å². The fourth-order valence-electron chi connectivity index (χ4n) is 2.96. The second-order valence-corrected chi connectivity index (χ2v) is 7.10. The number of halogens is 1. The number of hydrogen-bond donors (Lipinski definition) is 1. The number of aromatic amines is 1. The monoisotopic (exact) mass is 436 g/mol. The molecule has 0 bridgehead atoms. The molecule has 0 amide bonds. The van der Waals surface area contributed by atoms with Gasteiger partial charge in [0.2, 0.25) is 0 Å². The van der Waals surface area contributed by atoms with E-state index in [0.717, 1.165) is 10.0 Å². The van der Waals surface area contributed by atoms with Crippen LogP contribution in [-0.2, 0) is 6.61 Å². The summed E-state index contributed by atoms with van der Waals surface area (Å²) in [6, 6.07) is 20.6. The molecule has 6 heteroatoms. The highest BCUT2D eigenvalue weighted by Gasteiger charge is 2.16. The highest BCUT2D eigenvalue weighted by molar-refractivity contribution is 9.10. The number of methoxy groups -OCH3 is 1. The van der Waals surface area contributed by atoms with E-state index in [1.165, 1.54) is 0 Å². The lowest BCUT2D eigenvalue weighted by Crippen LogP contribution is -2.10. The minimum absolute atomic E-state index is 0.192. The second-order valence-electron chi connectivity index (χ2n) is 6.18. The van der Waals surface area contributed by atoms with Crippen molar-refractivity contribution in [1.29, 1.82) is 0 Å². The average molecular weight is 437 g/mol. The van der Waals surface area contributed by atoms with Gasteiger partial charge in [0.15, 0.2) is 11.5 Å². The molecule has 140 valence electrons. The van der Waals surface area contributed by atoms with Gasteiger partial charge in [0.05, 0.1) is 23.6 Å². The summed E-state index contributed by atoms with van der Waals surface area (Å²) in [6.45, 7) is 0.360. The van der Waals surface area contributed by atoms with Crippen LogP contribution in [0, 0.1) is 0 Å². The van der Waals surface area contributed by atoms with Crippen LogP contribution < -0.4 is 15.0 Å². The molecule has 1 aromatic heterocycles. The van der Waals surface area contributed by atoms with Gasteiger partial charge in [0, 0.05) is 4.47 Å². The number of benzene rings is 3. The number of para-hydroxylation sites is 2. The third kappa shape index (κ3) is 3.64. The van der Waals surface area contributed by atoms with E-state index in [9.17, 15) is 4.79 Å². The fraction of sp³-hybridized carbons (Fsp3) is 0.0909. The minimum Gasteiger partial charge on any atom is -0.493 e. The summed E-state index contributed by atoms with van der Waals surface area (Å²) >= 11 is 3.43. The first-order valence-electron chi connectivity index (χ1n) is 8.69. The molecule has 0 atom stereocenters. The van der Waals surface area contributed by atoms with Crippen LogP contribution in [0.3, 0.4) is 0 Å². The number of H-pyrrole nitrogens is 1. The van der Waals surface area contributed by atoms with E-state index in [0.29, 0.717) is 40.4 Å². The van der Waals surface area contributed by atoms with Crippen molar-refractivity contribution in [2.75, 3.05) is 7.11 Å². The summed E-state index contributed by atoms with van der Waals surface area (Å²) in [7, 11) is 1.59. The van der Waals surface area contributed by atoms with Crippen molar-refractivity contribution in [3.8, 4) is 22.9 Å². The van der Waals surface area contributed by atoms with Crippen molar-refractivity contribution in [3.05, 3.63) is 87.1 Å². The van der Waals surface area contributed by atoms with Crippen molar-refractivity contribution in [3.63, 3.8) is 0 Å². The van der Waals surface area contributed by atoms with Gasteiger partial charge in [-0.15, -0.1) is 0 Å². The molecule has 0 unspecified atom stereocenters. The summed E-state index contributed by atoms with van der Waals surface area (Å²) in [5, 5.41) is 0.548. The zero-order valence-electron chi connectivity index (χ0n) is 15.1. The van der Waals surface area contributed by atoms with Gasteiger partial charge in [0.1, 0.15) is 12.4 Å². The highest BCUT2D eigenvalue weighted by Crippen LogP contribution is 2.37. The molecule has 1 heterocycles. The molecule has 0 aliphatic heterocycles. The molecule has 0 fully saturated rings. The molecule has 4 aromatic rings. The molecule has 0 radical (unpaired) electrons. The molecule has 0 saturated heterocycles. The lowest BCUT2D eigenvalue weighted by molar-refractivity contribution is 0.285. The first-order chi connectivity index (χ1) is 13.7. The third-order valence-electron chi connectivity index (χ3n) is 4.36. The van der Waals surface area contributed by atoms with Crippen LogP contribution >= 0.6 is 15.9 Å². The normalized spacial score (nSPS) is 10.8. The van der Waals surface area contributed by atoms with E-state index >= 15 is 0 Å². The maximum atomic E-state index is 12.5. The van der Waals surface area contributed by atoms with Crippen LogP contribution in [0.4, 0.5) is 0 Å². The highest BCUT2D eigenvalue weighted by atomic mass is 79.9. The Kier molecular flexibility index (Phi) is 5.12. The van der Waals surface area contributed by atoms with E-state index in [-0.39, 0.29) is 5.56 Å². The topological polar surface area (TPSA) is 64.2 Å². The van der Waals surface area contributed by atoms with Gasteiger partial charge >= 0.3 is 0 Å². The lowest BCUT2D eigenvalue weighted by Gasteiger charge is -2.15. The molecule has 1 N–H and O–H groups in total. The molecule has 5 nitrogen and oxygen atoms in total. The van der Waals surface area contributed by atoms with Crippen molar-refractivity contribution in [1.82, 2.24) is 9.97 Å². The van der Waals surface area contributed by atoms with E-state index in [4.69, 9.17) is 9.47 Å².